The monoisotopic (exact) mass is 425 g/mol. The van der Waals surface area contributed by atoms with Crippen LogP contribution in [0.4, 0.5) is 0 Å². The summed E-state index contributed by atoms with van der Waals surface area (Å²) in [7, 11) is 0. The Hall–Kier alpha value is -1.87. The van der Waals surface area contributed by atoms with E-state index in [0.717, 1.165) is 23.6 Å². The van der Waals surface area contributed by atoms with Gasteiger partial charge in [0.05, 0.1) is 6.42 Å². The fourth-order valence-corrected chi connectivity index (χ4v) is 4.22. The zero-order chi connectivity index (χ0) is 22.5. The molecule has 0 heterocycles. The number of fused-ring (bicyclic) bond motifs is 1. The Morgan fingerprint density at radius 2 is 1.45 bits per heavy atom. The SMILES string of the molecule is CCCCCCCCCCCCC(CC(=O)Oc1ccc2ccccc2c1)C(C)(C)N. The van der Waals surface area contributed by atoms with Gasteiger partial charge in [0.1, 0.15) is 5.75 Å². The van der Waals surface area contributed by atoms with Gasteiger partial charge < -0.3 is 10.5 Å². The van der Waals surface area contributed by atoms with Gasteiger partial charge in [-0.15, -0.1) is 0 Å². The van der Waals surface area contributed by atoms with Crippen LogP contribution in [0.3, 0.4) is 0 Å². The summed E-state index contributed by atoms with van der Waals surface area (Å²) in [5, 5.41) is 2.22. The molecule has 0 bridgehead atoms. The molecule has 0 saturated carbocycles. The van der Waals surface area contributed by atoms with Crippen molar-refractivity contribution in [2.45, 2.75) is 103 Å². The van der Waals surface area contributed by atoms with Gasteiger partial charge in [-0.2, -0.15) is 0 Å². The third-order valence-corrected chi connectivity index (χ3v) is 6.32. The Labute approximate surface area is 189 Å². The number of benzene rings is 2. The lowest BCUT2D eigenvalue weighted by Gasteiger charge is -2.30. The number of nitrogens with two attached hydrogens (primary N) is 1. The Morgan fingerprint density at radius 3 is 2.06 bits per heavy atom. The number of carbonyl (C=O) groups excluding carboxylic acids is 1. The van der Waals surface area contributed by atoms with Crippen molar-refractivity contribution in [1.29, 1.82) is 0 Å². The molecule has 2 aromatic rings. The Bertz CT molecular complexity index is 778. The number of hydrogen-bond acceptors (Lipinski definition) is 3. The van der Waals surface area contributed by atoms with Crippen LogP contribution in [-0.2, 0) is 4.79 Å². The van der Waals surface area contributed by atoms with Crippen LogP contribution in [0.5, 0.6) is 5.75 Å². The van der Waals surface area contributed by atoms with Crippen molar-refractivity contribution >= 4 is 16.7 Å². The lowest BCUT2D eigenvalue weighted by molar-refractivity contribution is -0.136. The first-order valence-electron chi connectivity index (χ1n) is 12.4. The average Bonchev–Trinajstić information content (AvgIpc) is 2.73. The van der Waals surface area contributed by atoms with Crippen molar-refractivity contribution < 1.29 is 9.53 Å². The fourth-order valence-electron chi connectivity index (χ4n) is 4.22. The van der Waals surface area contributed by atoms with Crippen molar-refractivity contribution in [2.75, 3.05) is 0 Å². The van der Waals surface area contributed by atoms with Gasteiger partial charge in [0.25, 0.3) is 0 Å². The normalized spacial score (nSPS) is 12.8. The highest BCUT2D eigenvalue weighted by atomic mass is 16.5. The van der Waals surface area contributed by atoms with Crippen LogP contribution in [0.15, 0.2) is 42.5 Å². The molecule has 0 fully saturated rings. The summed E-state index contributed by atoms with van der Waals surface area (Å²) >= 11 is 0. The lowest BCUT2D eigenvalue weighted by Crippen LogP contribution is -2.42. The molecule has 0 amide bonds. The maximum absolute atomic E-state index is 12.6. The van der Waals surface area contributed by atoms with E-state index in [1.54, 1.807) is 0 Å². The summed E-state index contributed by atoms with van der Waals surface area (Å²) in [5.41, 5.74) is 6.02. The zero-order valence-electron chi connectivity index (χ0n) is 20.0. The van der Waals surface area contributed by atoms with Gasteiger partial charge in [-0.1, -0.05) is 101 Å². The van der Waals surface area contributed by atoms with Crippen molar-refractivity contribution in [3.8, 4) is 5.75 Å². The standard InChI is InChI=1S/C28H43NO2/c1-4-5-6-7-8-9-10-11-12-13-18-25(28(2,3)29)22-27(30)31-26-20-19-23-16-14-15-17-24(23)21-26/h14-17,19-21,25H,4-13,18,22,29H2,1-3H3. The number of esters is 1. The van der Waals surface area contributed by atoms with Crippen LogP contribution in [0.25, 0.3) is 10.8 Å². The number of rotatable bonds is 15. The third-order valence-electron chi connectivity index (χ3n) is 6.32. The molecule has 0 aliphatic heterocycles. The van der Waals surface area contributed by atoms with Crippen LogP contribution < -0.4 is 10.5 Å². The minimum Gasteiger partial charge on any atom is -0.426 e. The first kappa shape index (κ1) is 25.4. The first-order chi connectivity index (χ1) is 14.9. The molecule has 0 aliphatic rings. The highest BCUT2D eigenvalue weighted by molar-refractivity contribution is 5.84. The molecule has 0 spiro atoms. The van der Waals surface area contributed by atoms with E-state index >= 15 is 0 Å². The molecule has 2 aromatic carbocycles. The van der Waals surface area contributed by atoms with Crippen LogP contribution >= 0.6 is 0 Å². The van der Waals surface area contributed by atoms with Gasteiger partial charge in [0.2, 0.25) is 0 Å². The molecule has 2 N–H and O–H groups in total. The predicted octanol–water partition coefficient (Wildman–Crippen LogP) is 7.80. The molecule has 2 rings (SSSR count). The fraction of sp³-hybridized carbons (Fsp3) is 0.607. The zero-order valence-corrected chi connectivity index (χ0v) is 20.0. The van der Waals surface area contributed by atoms with E-state index < -0.39 is 0 Å². The van der Waals surface area contributed by atoms with E-state index in [-0.39, 0.29) is 17.4 Å². The highest BCUT2D eigenvalue weighted by Crippen LogP contribution is 2.27. The van der Waals surface area contributed by atoms with E-state index in [2.05, 4.69) is 13.0 Å². The largest absolute Gasteiger partial charge is 0.426 e. The van der Waals surface area contributed by atoms with E-state index in [1.807, 2.05) is 50.2 Å². The number of unbranched alkanes of at least 4 members (excludes halogenated alkanes) is 9. The molecule has 0 radical (unpaired) electrons. The number of ether oxygens (including phenoxy) is 1. The van der Waals surface area contributed by atoms with Crippen LogP contribution in [-0.4, -0.2) is 11.5 Å². The smallest absolute Gasteiger partial charge is 0.311 e. The van der Waals surface area contributed by atoms with Crippen molar-refractivity contribution in [3.05, 3.63) is 42.5 Å². The molecular formula is C28H43NO2. The minimum atomic E-state index is -0.387. The predicted molar refractivity (Wildman–Crippen MR) is 132 cm³/mol. The molecule has 1 atom stereocenters. The number of hydrogen-bond donors (Lipinski definition) is 1. The van der Waals surface area contributed by atoms with E-state index in [0.29, 0.717) is 12.2 Å². The topological polar surface area (TPSA) is 52.3 Å². The van der Waals surface area contributed by atoms with Crippen LogP contribution in [0, 0.1) is 5.92 Å². The van der Waals surface area contributed by atoms with Crippen molar-refractivity contribution in [2.24, 2.45) is 11.7 Å². The molecule has 172 valence electrons. The molecule has 0 aliphatic carbocycles. The lowest BCUT2D eigenvalue weighted by atomic mass is 9.82. The maximum atomic E-state index is 12.6. The summed E-state index contributed by atoms with van der Waals surface area (Å²) in [5.74, 6) is 0.552. The molecule has 1 unspecified atom stereocenters. The second kappa shape index (κ2) is 13.5. The summed E-state index contributed by atoms with van der Waals surface area (Å²) in [4.78, 5) is 12.6. The molecule has 0 aromatic heterocycles. The summed E-state index contributed by atoms with van der Waals surface area (Å²) in [6, 6.07) is 13.9. The van der Waals surface area contributed by atoms with Crippen LogP contribution in [0.1, 0.15) is 97.8 Å². The van der Waals surface area contributed by atoms with Gasteiger partial charge in [-0.3, -0.25) is 4.79 Å². The quantitative estimate of drug-likeness (QED) is 0.180. The summed E-state index contributed by atoms with van der Waals surface area (Å²) < 4.78 is 5.65. The first-order valence-corrected chi connectivity index (χ1v) is 12.4. The Morgan fingerprint density at radius 1 is 0.871 bits per heavy atom. The van der Waals surface area contributed by atoms with Crippen molar-refractivity contribution in [3.63, 3.8) is 0 Å². The molecule has 3 nitrogen and oxygen atoms in total. The molecular weight excluding hydrogens is 382 g/mol. The Kier molecular flexibility index (Phi) is 11.1. The Balaban J connectivity index is 1.72. The second-order valence-electron chi connectivity index (χ2n) is 9.68. The minimum absolute atomic E-state index is 0.134. The van der Waals surface area contributed by atoms with E-state index in [9.17, 15) is 4.79 Å². The molecule has 0 saturated heterocycles. The number of carbonyl (C=O) groups is 1. The van der Waals surface area contributed by atoms with Crippen molar-refractivity contribution in [1.82, 2.24) is 0 Å². The third kappa shape index (κ3) is 9.86. The summed E-state index contributed by atoms with van der Waals surface area (Å²) in [6.07, 6.45) is 14.5. The van der Waals surface area contributed by atoms with Gasteiger partial charge in [0, 0.05) is 5.54 Å². The van der Waals surface area contributed by atoms with E-state index in [1.165, 1.54) is 57.8 Å². The molecule has 3 heteroatoms. The van der Waals surface area contributed by atoms with Gasteiger partial charge >= 0.3 is 5.97 Å². The highest BCUT2D eigenvalue weighted by Gasteiger charge is 2.27. The van der Waals surface area contributed by atoms with Gasteiger partial charge in [-0.05, 0) is 49.1 Å². The van der Waals surface area contributed by atoms with Gasteiger partial charge in [-0.25, -0.2) is 0 Å². The average molecular weight is 426 g/mol. The van der Waals surface area contributed by atoms with E-state index in [4.69, 9.17) is 10.5 Å². The molecule has 31 heavy (non-hydrogen) atoms. The second-order valence-corrected chi connectivity index (χ2v) is 9.68. The summed E-state index contributed by atoms with van der Waals surface area (Å²) in [6.45, 7) is 6.31. The maximum Gasteiger partial charge on any atom is 0.311 e. The van der Waals surface area contributed by atoms with Crippen LogP contribution in [0.2, 0.25) is 0 Å². The van der Waals surface area contributed by atoms with Gasteiger partial charge in [0.15, 0.2) is 0 Å².